The predicted octanol–water partition coefficient (Wildman–Crippen LogP) is 0.821. The molecule has 0 unspecified atom stereocenters. The molecule has 0 fully saturated rings. The Morgan fingerprint density at radius 1 is 1.38 bits per heavy atom. The Labute approximate surface area is 120 Å². The van der Waals surface area contributed by atoms with Crippen molar-refractivity contribution in [3.05, 3.63) is 35.4 Å². The van der Waals surface area contributed by atoms with Crippen LogP contribution in [0, 0.1) is 0 Å². The van der Waals surface area contributed by atoms with Crippen LogP contribution >= 0.6 is 0 Å². The van der Waals surface area contributed by atoms with Gasteiger partial charge in [-0.05, 0) is 32.9 Å². The fourth-order valence-electron chi connectivity index (χ4n) is 2.25. The lowest BCUT2D eigenvalue weighted by Crippen LogP contribution is -2.45. The fraction of sp³-hybridized carbons (Fsp3) is 0.357. The number of nitrogens with one attached hydrogen (secondary N) is 1. The Balaban J connectivity index is 2.45. The molecule has 112 valence electrons. The van der Waals surface area contributed by atoms with Gasteiger partial charge in [0.1, 0.15) is 17.4 Å². The molecule has 1 aromatic rings. The van der Waals surface area contributed by atoms with Gasteiger partial charge in [0.15, 0.2) is 0 Å². The molecule has 1 aliphatic heterocycles. The van der Waals surface area contributed by atoms with Gasteiger partial charge in [-0.3, -0.25) is 14.4 Å². The monoisotopic (exact) mass is 292 g/mol. The number of carbonyl (C=O) groups excluding carboxylic acids is 2. The lowest BCUT2D eigenvalue weighted by Gasteiger charge is -2.33. The molecule has 1 aromatic heterocycles. The van der Waals surface area contributed by atoms with Crippen LogP contribution in [0.3, 0.4) is 0 Å². The average molecular weight is 292 g/mol. The highest BCUT2D eigenvalue weighted by molar-refractivity contribution is 6.26. The zero-order chi connectivity index (χ0) is 15.9. The van der Waals surface area contributed by atoms with Crippen molar-refractivity contribution in [3.8, 4) is 0 Å². The smallest absolute Gasteiger partial charge is 0.325 e. The third-order valence-corrected chi connectivity index (χ3v) is 3.57. The minimum Gasteiger partial charge on any atom is -0.509 e. The third kappa shape index (κ3) is 2.20. The lowest BCUT2D eigenvalue weighted by atomic mass is 9.89. The molecule has 0 bridgehead atoms. The predicted molar refractivity (Wildman–Crippen MR) is 73.0 cm³/mol. The second-order valence-corrected chi connectivity index (χ2v) is 5.41. The number of amides is 1. The number of nitrogens with zero attached hydrogens (tertiary/aromatic N) is 1. The minimum absolute atomic E-state index is 0.269. The van der Waals surface area contributed by atoms with E-state index in [9.17, 15) is 19.5 Å². The van der Waals surface area contributed by atoms with Gasteiger partial charge in [-0.15, -0.1) is 0 Å². The highest BCUT2D eigenvalue weighted by Gasteiger charge is 2.41. The van der Waals surface area contributed by atoms with Crippen LogP contribution in [-0.2, 0) is 15.1 Å². The Morgan fingerprint density at radius 2 is 2.00 bits per heavy atom. The number of ketones is 1. The first-order valence-electron chi connectivity index (χ1n) is 6.38. The second-order valence-electron chi connectivity index (χ2n) is 5.41. The van der Waals surface area contributed by atoms with E-state index in [2.05, 4.69) is 5.32 Å². The average Bonchev–Trinajstić information content (AvgIpc) is 2.87. The number of allylic oxidation sites excluding steroid dienone is 1. The summed E-state index contributed by atoms with van der Waals surface area (Å²) in [6.45, 7) is 4.59. The molecule has 2 rings (SSSR count). The van der Waals surface area contributed by atoms with Crippen molar-refractivity contribution in [2.45, 2.75) is 32.4 Å². The molecule has 1 atom stereocenters. The van der Waals surface area contributed by atoms with Crippen LogP contribution in [0.1, 0.15) is 31.3 Å². The van der Waals surface area contributed by atoms with Crippen molar-refractivity contribution in [2.24, 2.45) is 0 Å². The summed E-state index contributed by atoms with van der Waals surface area (Å²) in [5.41, 5.74) is -1.11. The van der Waals surface area contributed by atoms with Crippen molar-refractivity contribution in [1.29, 1.82) is 0 Å². The largest absolute Gasteiger partial charge is 0.509 e. The number of aliphatic hydroxyl groups is 1. The summed E-state index contributed by atoms with van der Waals surface area (Å²) in [6.07, 6.45) is 1.64. The summed E-state index contributed by atoms with van der Waals surface area (Å²) in [7, 11) is 0. The van der Waals surface area contributed by atoms with Crippen molar-refractivity contribution in [1.82, 2.24) is 9.88 Å². The first-order valence-corrected chi connectivity index (χ1v) is 6.38. The van der Waals surface area contributed by atoms with E-state index in [1.54, 1.807) is 36.7 Å². The number of Topliss-reactive ketones (excluding diaryl/α,β-unsaturated/α-hetero) is 1. The molecule has 0 aliphatic carbocycles. The van der Waals surface area contributed by atoms with Crippen LogP contribution < -0.4 is 5.32 Å². The molecular weight excluding hydrogens is 276 g/mol. The molecule has 21 heavy (non-hydrogen) atoms. The van der Waals surface area contributed by atoms with Gasteiger partial charge in [0.25, 0.3) is 5.91 Å². The van der Waals surface area contributed by atoms with Crippen molar-refractivity contribution in [2.75, 3.05) is 0 Å². The van der Waals surface area contributed by atoms with Gasteiger partial charge in [0, 0.05) is 6.20 Å². The molecule has 0 aromatic carbocycles. The van der Waals surface area contributed by atoms with E-state index in [1.165, 1.54) is 6.92 Å². The van der Waals surface area contributed by atoms with E-state index in [0.717, 1.165) is 0 Å². The molecule has 1 amide bonds. The molecule has 0 spiro atoms. The first kappa shape index (κ1) is 14.8. The van der Waals surface area contributed by atoms with Gasteiger partial charge in [-0.25, -0.2) is 0 Å². The van der Waals surface area contributed by atoms with Gasteiger partial charge in [0.05, 0.1) is 11.2 Å². The van der Waals surface area contributed by atoms with Crippen LogP contribution in [0.4, 0.5) is 0 Å². The number of hydrogen-bond donors (Lipinski definition) is 3. The van der Waals surface area contributed by atoms with Gasteiger partial charge in [0.2, 0.25) is 5.78 Å². The van der Waals surface area contributed by atoms with Crippen LogP contribution in [0.5, 0.6) is 0 Å². The molecule has 0 saturated heterocycles. The quantitative estimate of drug-likeness (QED) is 0.715. The number of carboxylic acid groups (broad SMARTS) is 1. The second kappa shape index (κ2) is 4.76. The Hall–Kier alpha value is -2.57. The molecular formula is C14H16N2O5. The summed E-state index contributed by atoms with van der Waals surface area (Å²) >= 11 is 0. The Kier molecular flexibility index (Phi) is 3.36. The normalized spacial score (nSPS) is 18.1. The number of fused-ring (bicyclic) bond motifs is 1. The summed E-state index contributed by atoms with van der Waals surface area (Å²) in [5, 5.41) is 21.3. The highest BCUT2D eigenvalue weighted by Crippen LogP contribution is 2.34. The zero-order valence-electron chi connectivity index (χ0n) is 11.9. The topological polar surface area (TPSA) is 109 Å². The molecule has 2 heterocycles. The minimum atomic E-state index is -1.23. The number of carboxylic acids is 1. The maximum atomic E-state index is 12.3. The molecule has 3 N–H and O–H groups in total. The number of carbonyl (C=O) groups is 3. The fourth-order valence-corrected chi connectivity index (χ4v) is 2.25. The zero-order valence-corrected chi connectivity index (χ0v) is 11.9. The molecule has 7 nitrogen and oxygen atoms in total. The van der Waals surface area contributed by atoms with Crippen molar-refractivity contribution in [3.63, 3.8) is 0 Å². The third-order valence-electron chi connectivity index (χ3n) is 3.57. The van der Waals surface area contributed by atoms with Crippen molar-refractivity contribution < 1.29 is 24.6 Å². The van der Waals surface area contributed by atoms with E-state index in [-0.39, 0.29) is 11.5 Å². The maximum Gasteiger partial charge on any atom is 0.325 e. The Morgan fingerprint density at radius 3 is 2.57 bits per heavy atom. The number of aliphatic carboxylic acids is 1. The van der Waals surface area contributed by atoms with Gasteiger partial charge < -0.3 is 20.1 Å². The van der Waals surface area contributed by atoms with Gasteiger partial charge in [-0.1, -0.05) is 0 Å². The number of rotatable bonds is 3. The van der Waals surface area contributed by atoms with Crippen LogP contribution in [0.15, 0.2) is 29.7 Å². The summed E-state index contributed by atoms with van der Waals surface area (Å²) in [4.78, 5) is 35.2. The molecule has 7 heteroatoms. The number of aromatic nitrogens is 1. The SMILES string of the molecule is C[C@H](NC(=O)C1=C(O)C(C)(C)n2cccc2C1=O)C(=O)O. The Bertz CT molecular complexity index is 669. The van der Waals surface area contributed by atoms with E-state index >= 15 is 0 Å². The van der Waals surface area contributed by atoms with Crippen LogP contribution in [0.25, 0.3) is 0 Å². The van der Waals surface area contributed by atoms with Gasteiger partial charge in [-0.2, -0.15) is 0 Å². The highest BCUT2D eigenvalue weighted by atomic mass is 16.4. The standard InChI is InChI=1S/C14H16N2O5/c1-7(13(20)21)15-12(19)9-10(17)8-5-4-6-16(8)14(2,3)11(9)18/h4-7,18H,1-3H3,(H,15,19)(H,20,21)/t7-/m0/s1. The first-order chi connectivity index (χ1) is 9.67. The number of hydrogen-bond acceptors (Lipinski definition) is 4. The van der Waals surface area contributed by atoms with Crippen LogP contribution in [0.2, 0.25) is 0 Å². The summed E-state index contributed by atoms with van der Waals surface area (Å²) < 4.78 is 1.57. The number of aliphatic hydroxyl groups excluding tert-OH is 1. The lowest BCUT2D eigenvalue weighted by molar-refractivity contribution is -0.140. The molecule has 1 aliphatic rings. The van der Waals surface area contributed by atoms with Crippen molar-refractivity contribution >= 4 is 17.7 Å². The summed E-state index contributed by atoms with van der Waals surface area (Å²) in [5.74, 6) is -3.14. The van der Waals surface area contributed by atoms with Gasteiger partial charge >= 0.3 is 5.97 Å². The maximum absolute atomic E-state index is 12.3. The van der Waals surface area contributed by atoms with E-state index in [1.807, 2.05) is 0 Å². The van der Waals surface area contributed by atoms with Crippen LogP contribution in [-0.4, -0.2) is 38.5 Å². The molecule has 0 radical (unpaired) electrons. The van der Waals surface area contributed by atoms with E-state index in [4.69, 9.17) is 5.11 Å². The summed E-state index contributed by atoms with van der Waals surface area (Å²) in [6, 6.07) is 2.02. The van der Waals surface area contributed by atoms with E-state index in [0.29, 0.717) is 0 Å². The molecule has 0 saturated carbocycles. The van der Waals surface area contributed by atoms with E-state index < -0.39 is 34.8 Å².